The molecule has 4 unspecified atom stereocenters. The molecule has 0 radical (unpaired) electrons. The minimum absolute atomic E-state index is 0.640. The molecular weight excluding hydrogens is 242 g/mol. The number of hydrogen-bond donors (Lipinski definition) is 1. The molecule has 2 aliphatic carbocycles. The Labute approximate surface area is 115 Å². The predicted octanol–water partition coefficient (Wildman–Crippen LogP) is 3.91. The third-order valence-corrected chi connectivity index (χ3v) is 5.30. The summed E-state index contributed by atoms with van der Waals surface area (Å²) >= 11 is 5.94. The van der Waals surface area contributed by atoms with Gasteiger partial charge < -0.3 is 5.32 Å². The van der Waals surface area contributed by atoms with Crippen LogP contribution >= 0.6 is 11.6 Å². The number of nitrogens with one attached hydrogen (secondary N) is 1. The van der Waals surface area contributed by atoms with Gasteiger partial charge in [-0.3, -0.25) is 0 Å². The van der Waals surface area contributed by atoms with Gasteiger partial charge in [0.25, 0.3) is 0 Å². The molecule has 2 fully saturated rings. The van der Waals surface area contributed by atoms with Crippen LogP contribution < -0.4 is 5.32 Å². The molecule has 98 valence electrons. The highest BCUT2D eigenvalue weighted by Crippen LogP contribution is 2.49. The normalized spacial score (nSPS) is 31.8. The molecule has 1 N–H and O–H groups in total. The first kappa shape index (κ1) is 12.5. The van der Waals surface area contributed by atoms with Gasteiger partial charge in [0.05, 0.1) is 0 Å². The van der Waals surface area contributed by atoms with Crippen LogP contribution in [0, 0.1) is 17.8 Å². The number of fused-ring (bicyclic) bond motifs is 2. The summed E-state index contributed by atoms with van der Waals surface area (Å²) in [6.07, 6.45) is 7.03. The summed E-state index contributed by atoms with van der Waals surface area (Å²) in [4.78, 5) is 0. The first-order valence-electron chi connectivity index (χ1n) is 7.18. The predicted molar refractivity (Wildman–Crippen MR) is 76.9 cm³/mol. The number of rotatable bonds is 4. The second-order valence-corrected chi connectivity index (χ2v) is 6.50. The number of hydrogen-bond acceptors (Lipinski definition) is 1. The van der Waals surface area contributed by atoms with E-state index in [1.165, 1.54) is 31.2 Å². The van der Waals surface area contributed by atoms with E-state index in [0.29, 0.717) is 6.04 Å². The van der Waals surface area contributed by atoms with Crippen molar-refractivity contribution in [2.75, 3.05) is 7.05 Å². The standard InChI is InChI=1S/C16H22ClN/c1-18-16(10-11-3-6-14(17)7-4-11)15-9-12-2-5-13(15)8-12/h3-4,6-7,12-13,15-16,18H,2,5,8-10H2,1H3. The van der Waals surface area contributed by atoms with Crippen LogP contribution in [-0.2, 0) is 6.42 Å². The van der Waals surface area contributed by atoms with E-state index < -0.39 is 0 Å². The fourth-order valence-corrected chi connectivity index (χ4v) is 4.25. The highest BCUT2D eigenvalue weighted by molar-refractivity contribution is 6.30. The molecule has 1 nitrogen and oxygen atoms in total. The Morgan fingerprint density at radius 3 is 2.56 bits per heavy atom. The molecule has 0 heterocycles. The fourth-order valence-electron chi connectivity index (χ4n) is 4.13. The molecule has 2 aliphatic rings. The Morgan fingerprint density at radius 1 is 1.22 bits per heavy atom. The van der Waals surface area contributed by atoms with Crippen LogP contribution in [0.2, 0.25) is 5.02 Å². The average Bonchev–Trinajstić information content (AvgIpc) is 3.00. The zero-order valence-electron chi connectivity index (χ0n) is 11.0. The first-order valence-corrected chi connectivity index (χ1v) is 7.55. The molecule has 4 atom stereocenters. The Kier molecular flexibility index (Phi) is 3.63. The zero-order chi connectivity index (χ0) is 12.5. The molecule has 0 aromatic heterocycles. The molecule has 1 aromatic rings. The summed E-state index contributed by atoms with van der Waals surface area (Å²) in [6.45, 7) is 0. The van der Waals surface area contributed by atoms with E-state index in [2.05, 4.69) is 24.5 Å². The Bertz CT molecular complexity index is 400. The zero-order valence-corrected chi connectivity index (χ0v) is 11.8. The second-order valence-electron chi connectivity index (χ2n) is 6.06. The van der Waals surface area contributed by atoms with Crippen molar-refractivity contribution in [2.24, 2.45) is 17.8 Å². The van der Waals surface area contributed by atoms with Crippen molar-refractivity contribution in [1.82, 2.24) is 5.32 Å². The van der Waals surface area contributed by atoms with E-state index in [9.17, 15) is 0 Å². The lowest BCUT2D eigenvalue weighted by Crippen LogP contribution is -2.38. The Hall–Kier alpha value is -0.530. The van der Waals surface area contributed by atoms with Gasteiger partial charge in [0.15, 0.2) is 0 Å². The van der Waals surface area contributed by atoms with E-state index >= 15 is 0 Å². The third kappa shape index (κ3) is 2.44. The van der Waals surface area contributed by atoms with Crippen LogP contribution in [-0.4, -0.2) is 13.1 Å². The summed E-state index contributed by atoms with van der Waals surface area (Å²) in [6, 6.07) is 8.98. The molecule has 0 amide bonds. The summed E-state index contributed by atoms with van der Waals surface area (Å²) in [5, 5.41) is 4.39. The molecule has 2 saturated carbocycles. The molecule has 2 bridgehead atoms. The summed E-state index contributed by atoms with van der Waals surface area (Å²) in [7, 11) is 2.12. The van der Waals surface area contributed by atoms with E-state index in [4.69, 9.17) is 11.6 Å². The highest BCUT2D eigenvalue weighted by atomic mass is 35.5. The number of halogens is 1. The largest absolute Gasteiger partial charge is 0.316 e. The molecule has 3 rings (SSSR count). The van der Waals surface area contributed by atoms with Gasteiger partial charge in [-0.1, -0.05) is 30.2 Å². The minimum Gasteiger partial charge on any atom is -0.316 e. The Balaban J connectivity index is 1.67. The van der Waals surface area contributed by atoms with Gasteiger partial charge in [-0.2, -0.15) is 0 Å². The number of benzene rings is 1. The first-order chi connectivity index (χ1) is 8.76. The van der Waals surface area contributed by atoms with Crippen LogP contribution in [0.4, 0.5) is 0 Å². The van der Waals surface area contributed by atoms with Gasteiger partial charge in [0, 0.05) is 11.1 Å². The van der Waals surface area contributed by atoms with E-state index in [0.717, 1.165) is 29.2 Å². The second kappa shape index (κ2) is 5.22. The van der Waals surface area contributed by atoms with Gasteiger partial charge in [-0.25, -0.2) is 0 Å². The lowest BCUT2D eigenvalue weighted by atomic mass is 9.81. The van der Waals surface area contributed by atoms with Crippen molar-refractivity contribution in [2.45, 2.75) is 38.1 Å². The van der Waals surface area contributed by atoms with E-state index in [-0.39, 0.29) is 0 Å². The summed E-state index contributed by atoms with van der Waals surface area (Å²) < 4.78 is 0. The molecule has 0 aliphatic heterocycles. The molecular formula is C16H22ClN. The van der Waals surface area contributed by atoms with Crippen molar-refractivity contribution >= 4 is 11.6 Å². The molecule has 0 spiro atoms. The minimum atomic E-state index is 0.640. The Morgan fingerprint density at radius 2 is 2.00 bits per heavy atom. The lowest BCUT2D eigenvalue weighted by Gasteiger charge is -2.30. The van der Waals surface area contributed by atoms with Crippen molar-refractivity contribution in [3.05, 3.63) is 34.9 Å². The van der Waals surface area contributed by atoms with Gasteiger partial charge in [-0.05, 0) is 68.2 Å². The monoisotopic (exact) mass is 263 g/mol. The van der Waals surface area contributed by atoms with Crippen molar-refractivity contribution in [1.29, 1.82) is 0 Å². The van der Waals surface area contributed by atoms with Crippen LogP contribution in [0.3, 0.4) is 0 Å². The van der Waals surface area contributed by atoms with E-state index in [1.807, 2.05) is 12.1 Å². The maximum absolute atomic E-state index is 5.94. The van der Waals surface area contributed by atoms with Crippen molar-refractivity contribution < 1.29 is 0 Å². The van der Waals surface area contributed by atoms with E-state index in [1.54, 1.807) is 0 Å². The van der Waals surface area contributed by atoms with Crippen molar-refractivity contribution in [3.63, 3.8) is 0 Å². The van der Waals surface area contributed by atoms with Crippen molar-refractivity contribution in [3.8, 4) is 0 Å². The molecule has 1 aromatic carbocycles. The smallest absolute Gasteiger partial charge is 0.0406 e. The maximum atomic E-state index is 5.94. The topological polar surface area (TPSA) is 12.0 Å². The van der Waals surface area contributed by atoms with Gasteiger partial charge in [0.2, 0.25) is 0 Å². The molecule has 0 saturated heterocycles. The summed E-state index contributed by atoms with van der Waals surface area (Å²) in [5.74, 6) is 2.91. The number of likely N-dealkylation sites (N-methyl/N-ethyl adjacent to an activating group) is 1. The van der Waals surface area contributed by atoms with Gasteiger partial charge in [0.1, 0.15) is 0 Å². The highest BCUT2D eigenvalue weighted by Gasteiger charge is 2.42. The fraction of sp³-hybridized carbons (Fsp3) is 0.625. The van der Waals surface area contributed by atoms with Gasteiger partial charge in [-0.15, -0.1) is 0 Å². The van der Waals surface area contributed by atoms with Crippen LogP contribution in [0.1, 0.15) is 31.2 Å². The third-order valence-electron chi connectivity index (χ3n) is 5.05. The summed E-state index contributed by atoms with van der Waals surface area (Å²) in [5.41, 5.74) is 1.40. The maximum Gasteiger partial charge on any atom is 0.0406 e. The quantitative estimate of drug-likeness (QED) is 0.869. The lowest BCUT2D eigenvalue weighted by molar-refractivity contribution is 0.255. The van der Waals surface area contributed by atoms with Crippen LogP contribution in [0.5, 0.6) is 0 Å². The SMILES string of the molecule is CNC(Cc1ccc(Cl)cc1)C1CC2CCC1C2. The van der Waals surface area contributed by atoms with Gasteiger partial charge >= 0.3 is 0 Å². The molecule has 18 heavy (non-hydrogen) atoms. The average molecular weight is 264 g/mol. The van der Waals surface area contributed by atoms with Crippen LogP contribution in [0.25, 0.3) is 0 Å². The van der Waals surface area contributed by atoms with Crippen LogP contribution in [0.15, 0.2) is 24.3 Å². The molecule has 2 heteroatoms.